The van der Waals surface area contributed by atoms with Gasteiger partial charge in [-0.3, -0.25) is 0 Å². The third kappa shape index (κ3) is 3.64. The number of para-hydroxylation sites is 2. The van der Waals surface area contributed by atoms with Crippen molar-refractivity contribution in [3.63, 3.8) is 0 Å². The smallest absolute Gasteiger partial charge is 0.0561 e. The van der Waals surface area contributed by atoms with E-state index in [1.165, 1.54) is 66.8 Å². The summed E-state index contributed by atoms with van der Waals surface area (Å²) in [5.41, 5.74) is 12.9. The summed E-state index contributed by atoms with van der Waals surface area (Å²) in [6.07, 6.45) is 8.81. The van der Waals surface area contributed by atoms with Crippen molar-refractivity contribution in [1.82, 2.24) is 4.57 Å². The van der Waals surface area contributed by atoms with Gasteiger partial charge in [0.1, 0.15) is 0 Å². The van der Waals surface area contributed by atoms with E-state index in [-0.39, 0.29) is 5.41 Å². The molecular formula is C39H32N2. The lowest BCUT2D eigenvalue weighted by Crippen LogP contribution is -2.18. The first-order valence-corrected chi connectivity index (χ1v) is 14.6. The van der Waals surface area contributed by atoms with E-state index in [9.17, 15) is 0 Å². The zero-order chi connectivity index (χ0) is 27.6. The molecule has 8 rings (SSSR count). The minimum atomic E-state index is -0.00232. The van der Waals surface area contributed by atoms with Crippen molar-refractivity contribution in [3.05, 3.63) is 150 Å². The van der Waals surface area contributed by atoms with Gasteiger partial charge in [0.15, 0.2) is 0 Å². The summed E-state index contributed by atoms with van der Waals surface area (Å²) in [5, 5.41) is 2.55. The molecule has 1 aromatic heterocycles. The summed E-state index contributed by atoms with van der Waals surface area (Å²) in [6, 6.07) is 42.5. The van der Waals surface area contributed by atoms with Crippen LogP contribution in [0.15, 0.2) is 139 Å². The van der Waals surface area contributed by atoms with Gasteiger partial charge >= 0.3 is 0 Å². The Morgan fingerprint density at radius 1 is 0.634 bits per heavy atom. The summed E-state index contributed by atoms with van der Waals surface area (Å²) in [6.45, 7) is 4.69. The van der Waals surface area contributed by atoms with Gasteiger partial charge in [0, 0.05) is 38.9 Å². The maximum absolute atomic E-state index is 2.48. The predicted molar refractivity (Wildman–Crippen MR) is 173 cm³/mol. The number of aromatic nitrogens is 1. The number of benzene rings is 5. The third-order valence-corrected chi connectivity index (χ3v) is 9.03. The van der Waals surface area contributed by atoms with Gasteiger partial charge in [0.25, 0.3) is 0 Å². The number of rotatable bonds is 4. The molecule has 0 N–H and O–H groups in total. The average molecular weight is 529 g/mol. The van der Waals surface area contributed by atoms with Crippen molar-refractivity contribution >= 4 is 33.2 Å². The van der Waals surface area contributed by atoms with E-state index in [0.717, 1.165) is 12.8 Å². The fourth-order valence-corrected chi connectivity index (χ4v) is 7.06. The molecule has 0 bridgehead atoms. The van der Waals surface area contributed by atoms with Crippen molar-refractivity contribution in [3.8, 4) is 16.8 Å². The van der Waals surface area contributed by atoms with Gasteiger partial charge in [-0.25, -0.2) is 0 Å². The van der Waals surface area contributed by atoms with Crippen LogP contribution in [0.4, 0.5) is 11.4 Å². The molecule has 41 heavy (non-hydrogen) atoms. The summed E-state index contributed by atoms with van der Waals surface area (Å²) >= 11 is 0. The Bertz CT molecular complexity index is 2020. The Balaban J connectivity index is 1.36. The van der Waals surface area contributed by atoms with Crippen LogP contribution >= 0.6 is 0 Å². The van der Waals surface area contributed by atoms with Crippen LogP contribution in [0.25, 0.3) is 38.6 Å². The standard InChI is InChI=1S/C39H32N2/c1-39(2)35-19-11-9-17-31(35)34-25-29(22-24-36(34)39)40(27-13-5-3-6-14-27)30-21-23-33-32-18-10-12-20-37(32)41(38(33)26-30)28-15-7-4-8-16-28/h3-5,7-13,15-26H,6,14H2,1-2H3. The van der Waals surface area contributed by atoms with E-state index >= 15 is 0 Å². The lowest BCUT2D eigenvalue weighted by Gasteiger charge is -2.30. The number of nitrogens with zero attached hydrogens (tertiary/aromatic N) is 2. The van der Waals surface area contributed by atoms with E-state index in [1.54, 1.807) is 0 Å². The van der Waals surface area contributed by atoms with Gasteiger partial charge in [-0.15, -0.1) is 0 Å². The Labute approximate surface area is 241 Å². The molecule has 6 aromatic rings. The maximum Gasteiger partial charge on any atom is 0.0561 e. The lowest BCUT2D eigenvalue weighted by atomic mass is 9.82. The second-order valence-electron chi connectivity index (χ2n) is 11.8. The monoisotopic (exact) mass is 528 g/mol. The third-order valence-electron chi connectivity index (χ3n) is 9.03. The van der Waals surface area contributed by atoms with Crippen molar-refractivity contribution in [2.75, 3.05) is 4.90 Å². The van der Waals surface area contributed by atoms with Crippen LogP contribution in [0.5, 0.6) is 0 Å². The Hall–Kier alpha value is -4.82. The van der Waals surface area contributed by atoms with Crippen molar-refractivity contribution in [2.24, 2.45) is 0 Å². The molecule has 0 radical (unpaired) electrons. The molecule has 0 atom stereocenters. The first kappa shape index (κ1) is 24.0. The van der Waals surface area contributed by atoms with E-state index in [2.05, 4.69) is 157 Å². The number of hydrogen-bond acceptors (Lipinski definition) is 1. The molecule has 2 aliphatic rings. The molecule has 2 nitrogen and oxygen atoms in total. The fraction of sp³-hybridized carbons (Fsp3) is 0.128. The van der Waals surface area contributed by atoms with Crippen LogP contribution in [-0.2, 0) is 5.41 Å². The fourth-order valence-electron chi connectivity index (χ4n) is 7.06. The number of fused-ring (bicyclic) bond motifs is 6. The topological polar surface area (TPSA) is 8.17 Å². The summed E-state index contributed by atoms with van der Waals surface area (Å²) in [7, 11) is 0. The molecule has 5 aromatic carbocycles. The molecular weight excluding hydrogens is 496 g/mol. The minimum Gasteiger partial charge on any atom is -0.314 e. The molecule has 198 valence electrons. The highest BCUT2D eigenvalue weighted by atomic mass is 15.2. The maximum atomic E-state index is 2.48. The molecule has 2 aliphatic carbocycles. The summed E-state index contributed by atoms with van der Waals surface area (Å²) in [4.78, 5) is 2.48. The number of hydrogen-bond donors (Lipinski definition) is 0. The highest BCUT2D eigenvalue weighted by Gasteiger charge is 2.35. The quantitative estimate of drug-likeness (QED) is 0.221. The van der Waals surface area contributed by atoms with E-state index in [0.29, 0.717) is 0 Å². The first-order chi connectivity index (χ1) is 20.1. The van der Waals surface area contributed by atoms with Crippen LogP contribution in [0.3, 0.4) is 0 Å². The Kier molecular flexibility index (Phi) is 5.33. The van der Waals surface area contributed by atoms with Gasteiger partial charge in [-0.05, 0) is 83.6 Å². The second-order valence-corrected chi connectivity index (χ2v) is 11.8. The largest absolute Gasteiger partial charge is 0.314 e. The lowest BCUT2D eigenvalue weighted by molar-refractivity contribution is 0.660. The Morgan fingerprint density at radius 2 is 1.34 bits per heavy atom. The van der Waals surface area contributed by atoms with Crippen LogP contribution < -0.4 is 4.90 Å². The second kappa shape index (κ2) is 9.11. The summed E-state index contributed by atoms with van der Waals surface area (Å²) < 4.78 is 2.41. The Morgan fingerprint density at radius 3 is 2.20 bits per heavy atom. The van der Waals surface area contributed by atoms with Gasteiger partial charge in [0.2, 0.25) is 0 Å². The first-order valence-electron chi connectivity index (χ1n) is 14.6. The minimum absolute atomic E-state index is 0.00232. The van der Waals surface area contributed by atoms with Crippen LogP contribution in [-0.4, -0.2) is 4.57 Å². The predicted octanol–water partition coefficient (Wildman–Crippen LogP) is 10.5. The molecule has 0 saturated heterocycles. The van der Waals surface area contributed by atoms with Gasteiger partial charge in [0.05, 0.1) is 11.0 Å². The van der Waals surface area contributed by atoms with Crippen molar-refractivity contribution in [2.45, 2.75) is 32.1 Å². The molecule has 2 heteroatoms. The van der Waals surface area contributed by atoms with Crippen molar-refractivity contribution < 1.29 is 0 Å². The van der Waals surface area contributed by atoms with Crippen LogP contribution in [0, 0.1) is 0 Å². The van der Waals surface area contributed by atoms with Crippen LogP contribution in [0.2, 0.25) is 0 Å². The van der Waals surface area contributed by atoms with Gasteiger partial charge < -0.3 is 9.47 Å². The van der Waals surface area contributed by atoms with E-state index < -0.39 is 0 Å². The van der Waals surface area contributed by atoms with Gasteiger partial charge in [-0.1, -0.05) is 98.8 Å². The normalized spacial score (nSPS) is 15.1. The number of allylic oxidation sites excluding steroid dienone is 4. The highest BCUT2D eigenvalue weighted by Crippen LogP contribution is 2.50. The molecule has 1 heterocycles. The van der Waals surface area contributed by atoms with Crippen LogP contribution in [0.1, 0.15) is 37.8 Å². The SMILES string of the molecule is CC1(C)c2ccccc2-c2cc(N(C3=CC=CCC3)c3ccc4c5ccccc5n(-c5ccccc5)c4c3)ccc21. The van der Waals surface area contributed by atoms with E-state index in [4.69, 9.17) is 0 Å². The van der Waals surface area contributed by atoms with Gasteiger partial charge in [-0.2, -0.15) is 0 Å². The zero-order valence-electron chi connectivity index (χ0n) is 23.5. The van der Waals surface area contributed by atoms with Crippen molar-refractivity contribution in [1.29, 1.82) is 0 Å². The molecule has 0 spiro atoms. The molecule has 0 saturated carbocycles. The summed E-state index contributed by atoms with van der Waals surface area (Å²) in [5.74, 6) is 0. The zero-order valence-corrected chi connectivity index (χ0v) is 23.5. The molecule has 0 amide bonds. The average Bonchev–Trinajstić information content (AvgIpc) is 3.47. The van der Waals surface area contributed by atoms with E-state index in [1.807, 2.05) is 0 Å². The number of anilines is 2. The molecule has 0 fully saturated rings. The molecule has 0 unspecified atom stereocenters. The molecule has 0 aliphatic heterocycles. The highest BCUT2D eigenvalue weighted by molar-refractivity contribution is 6.10.